The summed E-state index contributed by atoms with van der Waals surface area (Å²) in [5.41, 5.74) is 1.21. The molecular weight excluding hydrogens is 258 g/mol. The normalized spacial score (nSPS) is 10.6. The molecule has 0 saturated heterocycles. The molecule has 19 heavy (non-hydrogen) atoms. The van der Waals surface area contributed by atoms with Crippen molar-refractivity contribution in [2.45, 2.75) is 26.8 Å². The van der Waals surface area contributed by atoms with Gasteiger partial charge >= 0.3 is 0 Å². The van der Waals surface area contributed by atoms with E-state index in [2.05, 4.69) is 35.4 Å². The van der Waals surface area contributed by atoms with E-state index < -0.39 is 0 Å². The van der Waals surface area contributed by atoms with Gasteiger partial charge in [-0.3, -0.25) is 0 Å². The van der Waals surface area contributed by atoms with Gasteiger partial charge in [-0.05, 0) is 31.2 Å². The van der Waals surface area contributed by atoms with Crippen LogP contribution in [0.3, 0.4) is 0 Å². The van der Waals surface area contributed by atoms with Crippen molar-refractivity contribution in [3.05, 3.63) is 39.8 Å². The zero-order valence-corrected chi connectivity index (χ0v) is 12.2. The van der Waals surface area contributed by atoms with Crippen LogP contribution in [0.4, 0.5) is 0 Å². The number of hydrogen-bond acceptors (Lipinski definition) is 5. The van der Waals surface area contributed by atoms with E-state index >= 15 is 0 Å². The van der Waals surface area contributed by atoms with Crippen molar-refractivity contribution in [3.8, 4) is 5.75 Å². The first-order valence-electron chi connectivity index (χ1n) is 6.49. The molecule has 0 unspecified atom stereocenters. The number of rotatable bonds is 7. The Hall–Kier alpha value is -1.46. The number of nitrogens with one attached hydrogen (secondary N) is 1. The Kier molecular flexibility index (Phi) is 5.30. The van der Waals surface area contributed by atoms with Crippen LogP contribution in [-0.4, -0.2) is 23.3 Å². The van der Waals surface area contributed by atoms with Crippen LogP contribution < -0.4 is 10.1 Å². The van der Waals surface area contributed by atoms with Crippen molar-refractivity contribution in [3.63, 3.8) is 0 Å². The fourth-order valence-corrected chi connectivity index (χ4v) is 2.45. The predicted molar refractivity (Wildman–Crippen MR) is 77.7 cm³/mol. The minimum absolute atomic E-state index is 0.638. The molecule has 2 rings (SSSR count). The first-order chi connectivity index (χ1) is 9.28. The molecule has 0 saturated carbocycles. The lowest BCUT2D eigenvalue weighted by Crippen LogP contribution is -2.11. The van der Waals surface area contributed by atoms with E-state index in [4.69, 9.17) is 4.74 Å². The van der Waals surface area contributed by atoms with Crippen LogP contribution in [0.25, 0.3) is 0 Å². The van der Waals surface area contributed by atoms with Crippen molar-refractivity contribution >= 4 is 11.3 Å². The molecule has 0 bridgehead atoms. The minimum Gasteiger partial charge on any atom is -0.493 e. The molecule has 0 fully saturated rings. The molecule has 0 spiro atoms. The van der Waals surface area contributed by atoms with Crippen LogP contribution in [0.2, 0.25) is 0 Å². The van der Waals surface area contributed by atoms with Crippen LogP contribution in [-0.2, 0) is 13.0 Å². The topological polar surface area (TPSA) is 47.0 Å². The van der Waals surface area contributed by atoms with Crippen LogP contribution >= 0.6 is 11.3 Å². The summed E-state index contributed by atoms with van der Waals surface area (Å²) < 4.78 is 5.70. The van der Waals surface area contributed by atoms with E-state index in [1.165, 1.54) is 5.56 Å². The summed E-state index contributed by atoms with van der Waals surface area (Å²) in [4.78, 5) is 0. The number of aromatic nitrogens is 2. The van der Waals surface area contributed by atoms with Gasteiger partial charge in [0.05, 0.1) is 6.61 Å². The molecule has 0 atom stereocenters. The highest BCUT2D eigenvalue weighted by atomic mass is 32.1. The van der Waals surface area contributed by atoms with Crippen LogP contribution in [0, 0.1) is 6.92 Å². The molecule has 1 aromatic carbocycles. The van der Waals surface area contributed by atoms with Crippen LogP contribution in [0.15, 0.2) is 24.3 Å². The molecule has 102 valence electrons. The molecule has 1 N–H and O–H groups in total. The van der Waals surface area contributed by atoms with Crippen molar-refractivity contribution in [1.29, 1.82) is 0 Å². The third-order valence-corrected chi connectivity index (χ3v) is 3.59. The Morgan fingerprint density at radius 1 is 1.26 bits per heavy atom. The van der Waals surface area contributed by atoms with E-state index in [9.17, 15) is 0 Å². The number of ether oxygens (including phenoxy) is 1. The van der Waals surface area contributed by atoms with Gasteiger partial charge in [0.25, 0.3) is 0 Å². The largest absolute Gasteiger partial charge is 0.493 e. The Labute approximate surface area is 117 Å². The molecule has 2 aromatic rings. The molecule has 4 nitrogen and oxygen atoms in total. The maximum Gasteiger partial charge on any atom is 0.131 e. The van der Waals surface area contributed by atoms with Gasteiger partial charge in [0.2, 0.25) is 0 Å². The molecule has 5 heteroatoms. The zero-order valence-electron chi connectivity index (χ0n) is 11.3. The Morgan fingerprint density at radius 3 is 2.89 bits per heavy atom. The van der Waals surface area contributed by atoms with Gasteiger partial charge in [-0.15, -0.1) is 21.5 Å². The lowest BCUT2D eigenvalue weighted by molar-refractivity contribution is 0.321. The van der Waals surface area contributed by atoms with E-state index in [1.807, 2.05) is 18.2 Å². The number of benzene rings is 1. The second-order valence-corrected chi connectivity index (χ2v) is 5.43. The molecular formula is C14H19N3OS. The summed E-state index contributed by atoms with van der Waals surface area (Å²) in [6.07, 6.45) is 0.803. The van der Waals surface area contributed by atoms with Gasteiger partial charge in [-0.25, -0.2) is 0 Å². The highest BCUT2D eigenvalue weighted by Crippen LogP contribution is 2.14. The van der Waals surface area contributed by atoms with Gasteiger partial charge < -0.3 is 10.1 Å². The van der Waals surface area contributed by atoms with Gasteiger partial charge in [-0.2, -0.15) is 0 Å². The second kappa shape index (κ2) is 7.21. The maximum atomic E-state index is 5.70. The number of aryl methyl sites for hydroxylation is 1. The number of hydrogen-bond donors (Lipinski definition) is 1. The molecule has 1 aromatic heterocycles. The highest BCUT2D eigenvalue weighted by Gasteiger charge is 2.04. The fraction of sp³-hybridized carbons (Fsp3) is 0.429. The summed E-state index contributed by atoms with van der Waals surface area (Å²) in [6.45, 7) is 6.53. The quantitative estimate of drug-likeness (QED) is 0.845. The Balaban J connectivity index is 1.77. The predicted octanol–water partition coefficient (Wildman–Crippen LogP) is 2.58. The van der Waals surface area contributed by atoms with E-state index in [0.29, 0.717) is 6.61 Å². The van der Waals surface area contributed by atoms with Gasteiger partial charge in [-0.1, -0.05) is 19.1 Å². The molecule has 1 heterocycles. The molecule has 0 radical (unpaired) electrons. The number of nitrogens with zero attached hydrogens (tertiary/aromatic N) is 2. The van der Waals surface area contributed by atoms with Gasteiger partial charge in [0.1, 0.15) is 15.8 Å². The van der Waals surface area contributed by atoms with E-state index in [0.717, 1.165) is 35.3 Å². The van der Waals surface area contributed by atoms with Crippen molar-refractivity contribution in [1.82, 2.24) is 15.5 Å². The third kappa shape index (κ3) is 4.61. The zero-order chi connectivity index (χ0) is 13.5. The average molecular weight is 277 g/mol. The molecule has 0 aliphatic carbocycles. The van der Waals surface area contributed by atoms with Crippen molar-refractivity contribution in [2.24, 2.45) is 0 Å². The third-order valence-electron chi connectivity index (χ3n) is 2.61. The molecule has 0 amide bonds. The summed E-state index contributed by atoms with van der Waals surface area (Å²) in [5.74, 6) is 0.914. The monoisotopic (exact) mass is 277 g/mol. The minimum atomic E-state index is 0.638. The van der Waals surface area contributed by atoms with Crippen LogP contribution in [0.1, 0.15) is 22.5 Å². The van der Waals surface area contributed by atoms with E-state index in [1.54, 1.807) is 11.3 Å². The standard InChI is InChI=1S/C14H19N3OS/c1-3-15-10-14-17-16-13(19-14)7-8-18-12-6-4-5-11(2)9-12/h4-6,9,15H,3,7-8,10H2,1-2H3. The maximum absolute atomic E-state index is 5.70. The SMILES string of the molecule is CCNCc1nnc(CCOc2cccc(C)c2)s1. The first-order valence-corrected chi connectivity index (χ1v) is 7.31. The molecule has 0 aliphatic rings. The van der Waals surface area contributed by atoms with E-state index in [-0.39, 0.29) is 0 Å². The Morgan fingerprint density at radius 2 is 2.11 bits per heavy atom. The lowest BCUT2D eigenvalue weighted by Gasteiger charge is -2.04. The summed E-state index contributed by atoms with van der Waals surface area (Å²) in [5, 5.41) is 13.6. The lowest BCUT2D eigenvalue weighted by atomic mass is 10.2. The second-order valence-electron chi connectivity index (χ2n) is 4.28. The highest BCUT2D eigenvalue weighted by molar-refractivity contribution is 7.11. The summed E-state index contributed by atoms with van der Waals surface area (Å²) >= 11 is 1.65. The average Bonchev–Trinajstić information content (AvgIpc) is 2.84. The van der Waals surface area contributed by atoms with Gasteiger partial charge in [0.15, 0.2) is 0 Å². The summed E-state index contributed by atoms with van der Waals surface area (Å²) in [7, 11) is 0. The Bertz CT molecular complexity index is 513. The van der Waals surface area contributed by atoms with Crippen LogP contribution in [0.5, 0.6) is 5.75 Å². The fourth-order valence-electron chi connectivity index (χ4n) is 1.65. The smallest absolute Gasteiger partial charge is 0.131 e. The van der Waals surface area contributed by atoms with Gasteiger partial charge in [0, 0.05) is 13.0 Å². The van der Waals surface area contributed by atoms with Crippen molar-refractivity contribution in [2.75, 3.05) is 13.2 Å². The molecule has 0 aliphatic heterocycles. The first kappa shape index (κ1) is 14.0. The van der Waals surface area contributed by atoms with Crippen molar-refractivity contribution < 1.29 is 4.74 Å². The summed E-state index contributed by atoms with van der Waals surface area (Å²) in [6, 6.07) is 8.08.